The van der Waals surface area contributed by atoms with Crippen molar-refractivity contribution in [3.63, 3.8) is 0 Å². The third kappa shape index (κ3) is 7.22. The molecule has 0 spiro atoms. The molecule has 2 N–H and O–H groups in total. The van der Waals surface area contributed by atoms with Gasteiger partial charge in [0.05, 0.1) is 53.0 Å². The number of imidazole rings is 1. The molecule has 1 atom stereocenters. The molecule has 14 nitrogen and oxygen atoms in total. The van der Waals surface area contributed by atoms with Gasteiger partial charge in [-0.1, -0.05) is 17.3 Å². The molecule has 4 amide bonds. The largest absolute Gasteiger partial charge is 0.494 e. The molecule has 0 saturated carbocycles. The zero-order chi connectivity index (χ0) is 34.6. The quantitative estimate of drug-likeness (QED) is 0.289. The molecule has 50 heavy (non-hydrogen) atoms. The standard InChI is InChI=1S/C35H36N8O6S/c1-22-14-26(49-40-22)17-32(46)43-11-8-28-33-34(43)23-4-2-5-25(15-23)48-13-3-9-36-30(44)18-41(12-10-37-31(45)19-42(28)20-38-33)35(47)24-6-7-29-27(16-24)39-21-50-29/h2,4-7,14-16,20-21,34H,3,8-13,17-19H2,1H3,(H,36,44)(H,37,45). The minimum absolute atomic E-state index is 0.00157. The first-order valence-corrected chi connectivity index (χ1v) is 17.3. The number of aryl methyl sites for hydroxylation is 1. The molecule has 15 heteroatoms. The molecule has 258 valence electrons. The van der Waals surface area contributed by atoms with Gasteiger partial charge in [0.1, 0.15) is 24.1 Å². The number of nitrogens with zero attached hydrogens (tertiary/aromatic N) is 6. The Kier molecular flexibility index (Phi) is 9.56. The molecule has 0 saturated heterocycles. The van der Waals surface area contributed by atoms with Gasteiger partial charge in [-0.15, -0.1) is 11.3 Å². The van der Waals surface area contributed by atoms with Crippen molar-refractivity contribution in [3.8, 4) is 5.75 Å². The fourth-order valence-corrected chi connectivity index (χ4v) is 7.04. The van der Waals surface area contributed by atoms with E-state index in [1.54, 1.807) is 39.5 Å². The van der Waals surface area contributed by atoms with Crippen molar-refractivity contribution in [2.75, 3.05) is 39.3 Å². The number of fused-ring (bicyclic) bond motifs is 4. The van der Waals surface area contributed by atoms with E-state index in [1.807, 2.05) is 37.3 Å². The summed E-state index contributed by atoms with van der Waals surface area (Å²) in [4.78, 5) is 65.8. The third-order valence-corrected chi connectivity index (χ3v) is 9.57. The Morgan fingerprint density at radius 1 is 1.00 bits per heavy atom. The lowest BCUT2D eigenvalue weighted by molar-refractivity contribution is -0.133. The van der Waals surface area contributed by atoms with Gasteiger partial charge in [0.25, 0.3) is 5.91 Å². The summed E-state index contributed by atoms with van der Waals surface area (Å²) in [6.45, 7) is 2.98. The van der Waals surface area contributed by atoms with Crippen LogP contribution in [0.5, 0.6) is 5.75 Å². The number of nitrogens with one attached hydrogen (secondary N) is 2. The van der Waals surface area contributed by atoms with Crippen molar-refractivity contribution in [2.45, 2.75) is 38.8 Å². The topological polar surface area (TPSA) is 165 Å². The molecule has 2 aromatic carbocycles. The lowest BCUT2D eigenvalue weighted by Gasteiger charge is -2.36. The lowest BCUT2D eigenvalue weighted by atomic mass is 9.94. The molecular formula is C35H36N8O6S. The van der Waals surface area contributed by atoms with E-state index >= 15 is 0 Å². The Balaban J connectivity index is 1.13. The fraction of sp³-hybridized carbons (Fsp3) is 0.343. The summed E-state index contributed by atoms with van der Waals surface area (Å²) in [7, 11) is 0. The maximum absolute atomic E-state index is 13.7. The highest BCUT2D eigenvalue weighted by molar-refractivity contribution is 7.16. The first-order chi connectivity index (χ1) is 24.3. The zero-order valence-corrected chi connectivity index (χ0v) is 28.3. The van der Waals surface area contributed by atoms with Crippen LogP contribution in [0.25, 0.3) is 10.2 Å². The number of carbonyl (C=O) groups excluding carboxylic acids is 4. The van der Waals surface area contributed by atoms with Crippen LogP contribution in [-0.4, -0.2) is 92.5 Å². The number of thiazole rings is 1. The second-order valence-electron chi connectivity index (χ2n) is 12.3. The molecule has 0 aliphatic carbocycles. The number of amides is 4. The van der Waals surface area contributed by atoms with Crippen LogP contribution in [0.3, 0.4) is 0 Å². The van der Waals surface area contributed by atoms with E-state index in [2.05, 4.69) is 20.8 Å². The summed E-state index contributed by atoms with van der Waals surface area (Å²) in [5.74, 6) is 0.0416. The monoisotopic (exact) mass is 696 g/mol. The SMILES string of the molecule is Cc1cc(CC(=O)N2CCc3c4ncn3CC(=O)NCCN(C(=O)c3ccc5scnc5c3)CC(=O)NCCCOc3cccc(c3)C42)on1. The van der Waals surface area contributed by atoms with Crippen molar-refractivity contribution in [1.29, 1.82) is 0 Å². The number of rotatable bonds is 3. The Morgan fingerprint density at radius 3 is 2.72 bits per heavy atom. The van der Waals surface area contributed by atoms with Crippen LogP contribution >= 0.6 is 11.3 Å². The van der Waals surface area contributed by atoms with Gasteiger partial charge in [-0.05, 0) is 49.2 Å². The Labute approximate surface area is 291 Å². The van der Waals surface area contributed by atoms with E-state index in [9.17, 15) is 19.2 Å². The van der Waals surface area contributed by atoms with E-state index in [0.717, 1.165) is 16.0 Å². The Morgan fingerprint density at radius 2 is 1.86 bits per heavy atom. The van der Waals surface area contributed by atoms with E-state index in [1.165, 1.54) is 16.2 Å². The first kappa shape index (κ1) is 33.0. The molecule has 1 unspecified atom stereocenters. The van der Waals surface area contributed by atoms with E-state index in [4.69, 9.17) is 14.2 Å². The van der Waals surface area contributed by atoms with E-state index < -0.39 is 6.04 Å². The molecule has 7 rings (SSSR count). The van der Waals surface area contributed by atoms with E-state index in [-0.39, 0.29) is 56.2 Å². The van der Waals surface area contributed by atoms with Gasteiger partial charge < -0.3 is 34.3 Å². The van der Waals surface area contributed by atoms with Gasteiger partial charge in [0.15, 0.2) is 0 Å². The summed E-state index contributed by atoms with van der Waals surface area (Å²) in [5, 5.41) is 9.70. The smallest absolute Gasteiger partial charge is 0.254 e. The van der Waals surface area contributed by atoms with Crippen LogP contribution in [0, 0.1) is 6.92 Å². The van der Waals surface area contributed by atoms with Gasteiger partial charge in [0, 0.05) is 49.9 Å². The second kappa shape index (κ2) is 14.5. The number of benzene rings is 2. The van der Waals surface area contributed by atoms with Crippen molar-refractivity contribution in [2.24, 2.45) is 0 Å². The first-order valence-electron chi connectivity index (χ1n) is 16.5. The van der Waals surface area contributed by atoms with Crippen molar-refractivity contribution >= 4 is 45.2 Å². The van der Waals surface area contributed by atoms with Crippen LogP contribution in [0.15, 0.2) is 64.9 Å². The molecule has 0 fully saturated rings. The van der Waals surface area contributed by atoms with Crippen LogP contribution in [0.1, 0.15) is 51.2 Å². The molecule has 6 bridgehead atoms. The van der Waals surface area contributed by atoms with Gasteiger partial charge >= 0.3 is 0 Å². The highest BCUT2D eigenvalue weighted by Gasteiger charge is 2.36. The number of hydrogen-bond donors (Lipinski definition) is 2. The average molecular weight is 697 g/mol. The van der Waals surface area contributed by atoms with Gasteiger partial charge in [-0.25, -0.2) is 9.97 Å². The predicted molar refractivity (Wildman–Crippen MR) is 183 cm³/mol. The van der Waals surface area contributed by atoms with Crippen molar-refractivity contribution < 1.29 is 28.4 Å². The van der Waals surface area contributed by atoms with Crippen LogP contribution < -0.4 is 15.4 Å². The van der Waals surface area contributed by atoms with Crippen LogP contribution in [0.2, 0.25) is 0 Å². The molecule has 2 aliphatic heterocycles. The summed E-state index contributed by atoms with van der Waals surface area (Å²) in [6.07, 6.45) is 2.70. The van der Waals surface area contributed by atoms with Crippen molar-refractivity contribution in [3.05, 3.63) is 94.3 Å². The summed E-state index contributed by atoms with van der Waals surface area (Å²) >= 11 is 1.48. The molecule has 5 aromatic rings. The number of aromatic nitrogens is 4. The van der Waals surface area contributed by atoms with Gasteiger partial charge in [0.2, 0.25) is 17.7 Å². The molecule has 3 aromatic heterocycles. The molecular weight excluding hydrogens is 661 g/mol. The Hall–Kier alpha value is -5.57. The minimum Gasteiger partial charge on any atom is -0.494 e. The average Bonchev–Trinajstić information content (AvgIpc) is 3.86. The second-order valence-corrected chi connectivity index (χ2v) is 13.2. The molecule has 0 radical (unpaired) electrons. The molecule has 5 heterocycles. The molecule has 2 aliphatic rings. The normalized spacial score (nSPS) is 17.5. The maximum Gasteiger partial charge on any atom is 0.254 e. The Bertz CT molecular complexity index is 2050. The fourth-order valence-electron chi connectivity index (χ4n) is 6.38. The third-order valence-electron chi connectivity index (χ3n) is 8.76. The van der Waals surface area contributed by atoms with Crippen molar-refractivity contribution in [1.82, 2.24) is 40.1 Å². The number of hydrogen-bond acceptors (Lipinski definition) is 10. The number of ether oxygens (including phenoxy) is 1. The van der Waals surface area contributed by atoms with Crippen LogP contribution in [0.4, 0.5) is 0 Å². The maximum atomic E-state index is 13.7. The minimum atomic E-state index is -0.518. The van der Waals surface area contributed by atoms with E-state index in [0.29, 0.717) is 66.5 Å². The van der Waals surface area contributed by atoms with Crippen LogP contribution in [-0.2, 0) is 33.8 Å². The van der Waals surface area contributed by atoms with Gasteiger partial charge in [-0.3, -0.25) is 19.2 Å². The lowest BCUT2D eigenvalue weighted by Crippen LogP contribution is -2.45. The summed E-state index contributed by atoms with van der Waals surface area (Å²) in [5.41, 5.74) is 5.91. The zero-order valence-electron chi connectivity index (χ0n) is 27.5. The van der Waals surface area contributed by atoms with Gasteiger partial charge in [-0.2, -0.15) is 0 Å². The summed E-state index contributed by atoms with van der Waals surface area (Å²) < 4.78 is 14.2. The highest BCUT2D eigenvalue weighted by Crippen LogP contribution is 2.36. The predicted octanol–water partition coefficient (Wildman–Crippen LogP) is 2.66. The summed E-state index contributed by atoms with van der Waals surface area (Å²) in [6, 6.07) is 14.1. The number of carbonyl (C=O) groups is 4. The highest BCUT2D eigenvalue weighted by atomic mass is 32.1.